The quantitative estimate of drug-likeness (QED) is 0.423. The number of imide groups is 1. The first-order chi connectivity index (χ1) is 16.3. The minimum atomic E-state index is -0.611. The zero-order valence-corrected chi connectivity index (χ0v) is 19.8. The summed E-state index contributed by atoms with van der Waals surface area (Å²) < 4.78 is 2.19. The summed E-state index contributed by atoms with van der Waals surface area (Å²) in [6.45, 7) is 7.88. The van der Waals surface area contributed by atoms with Crippen molar-refractivity contribution in [2.45, 2.75) is 34.1 Å². The molecule has 2 aromatic carbocycles. The van der Waals surface area contributed by atoms with Crippen molar-refractivity contribution in [1.82, 2.24) is 14.8 Å². The van der Waals surface area contributed by atoms with E-state index < -0.39 is 17.8 Å². The first-order valence-electron chi connectivity index (χ1n) is 11.3. The largest absolute Gasteiger partial charge is 0.329 e. The number of urea groups is 1. The number of para-hydroxylation sites is 2. The van der Waals surface area contributed by atoms with Crippen molar-refractivity contribution in [1.29, 1.82) is 0 Å². The molecule has 1 aromatic heterocycles. The van der Waals surface area contributed by atoms with Crippen LogP contribution in [0.25, 0.3) is 11.8 Å². The predicted octanol–water partition coefficient (Wildman–Crippen LogP) is 4.50. The molecule has 1 aliphatic rings. The molecule has 1 saturated heterocycles. The lowest BCUT2D eigenvalue weighted by Crippen LogP contribution is -2.38. The molecule has 2 N–H and O–H groups in total. The topological polar surface area (TPSA) is 83.4 Å². The van der Waals surface area contributed by atoms with E-state index in [1.807, 2.05) is 26.0 Å². The van der Waals surface area contributed by atoms with Gasteiger partial charge in [0, 0.05) is 17.1 Å². The lowest BCUT2D eigenvalue weighted by Gasteiger charge is -2.17. The van der Waals surface area contributed by atoms with Crippen molar-refractivity contribution < 1.29 is 14.4 Å². The monoisotopic (exact) mass is 456 g/mol. The minimum Gasteiger partial charge on any atom is -0.325 e. The number of carbonyl (C=O) groups excluding carboxylic acids is 3. The van der Waals surface area contributed by atoms with E-state index in [0.717, 1.165) is 34.0 Å². The van der Waals surface area contributed by atoms with E-state index in [-0.39, 0.29) is 12.2 Å². The highest BCUT2D eigenvalue weighted by Gasteiger charge is 2.35. The first kappa shape index (κ1) is 23.0. The van der Waals surface area contributed by atoms with Crippen LogP contribution in [0, 0.1) is 20.8 Å². The minimum absolute atomic E-state index is 0.151. The Kier molecular flexibility index (Phi) is 6.36. The van der Waals surface area contributed by atoms with Crippen LogP contribution in [0.5, 0.6) is 0 Å². The molecule has 0 atom stereocenters. The summed E-state index contributed by atoms with van der Waals surface area (Å²) >= 11 is 0. The summed E-state index contributed by atoms with van der Waals surface area (Å²) in [5.41, 5.74) is 7.14. The fourth-order valence-corrected chi connectivity index (χ4v) is 4.34. The molecule has 34 heavy (non-hydrogen) atoms. The van der Waals surface area contributed by atoms with Gasteiger partial charge in [0.15, 0.2) is 0 Å². The summed E-state index contributed by atoms with van der Waals surface area (Å²) in [6, 6.07) is 16.6. The van der Waals surface area contributed by atoms with Gasteiger partial charge in [-0.05, 0) is 68.2 Å². The van der Waals surface area contributed by atoms with Crippen LogP contribution in [0.2, 0.25) is 0 Å². The van der Waals surface area contributed by atoms with Crippen LogP contribution >= 0.6 is 0 Å². The molecule has 3 aromatic rings. The normalized spacial score (nSPS) is 14.6. The fraction of sp³-hybridized carbons (Fsp3) is 0.222. The fourth-order valence-electron chi connectivity index (χ4n) is 4.34. The highest BCUT2D eigenvalue weighted by atomic mass is 16.2. The molecule has 0 bridgehead atoms. The highest BCUT2D eigenvalue weighted by molar-refractivity contribution is 6.16. The van der Waals surface area contributed by atoms with Gasteiger partial charge >= 0.3 is 6.03 Å². The molecule has 7 heteroatoms. The van der Waals surface area contributed by atoms with Crippen LogP contribution in [0.15, 0.2) is 60.3 Å². The average Bonchev–Trinajstić information content (AvgIpc) is 3.23. The lowest BCUT2D eigenvalue weighted by atomic mass is 10.1. The summed E-state index contributed by atoms with van der Waals surface area (Å²) in [5, 5.41) is 5.30. The molecule has 1 fully saturated rings. The van der Waals surface area contributed by atoms with Crippen molar-refractivity contribution >= 4 is 29.6 Å². The lowest BCUT2D eigenvalue weighted by molar-refractivity contribution is -0.127. The van der Waals surface area contributed by atoms with E-state index in [1.165, 1.54) is 11.1 Å². The Morgan fingerprint density at radius 3 is 2.47 bits per heavy atom. The summed E-state index contributed by atoms with van der Waals surface area (Å²) in [4.78, 5) is 38.7. The number of carbonyl (C=O) groups is 3. The van der Waals surface area contributed by atoms with Crippen molar-refractivity contribution in [3.05, 3.63) is 88.4 Å². The molecule has 0 aliphatic carbocycles. The summed E-state index contributed by atoms with van der Waals surface area (Å²) in [6.07, 6.45) is 2.58. The SMILES string of the molecule is CCc1cccc(C)c1-n1c(C)cc(/C=C2\NC(=O)N(CC(=O)Nc3ccccc3)C2=O)c1C. The molecule has 0 saturated carbocycles. The Labute approximate surface area is 199 Å². The number of aromatic nitrogens is 1. The molecular weight excluding hydrogens is 428 g/mol. The second kappa shape index (κ2) is 9.39. The Bertz CT molecular complexity index is 1300. The maximum Gasteiger partial charge on any atom is 0.329 e. The highest BCUT2D eigenvalue weighted by Crippen LogP contribution is 2.28. The molecule has 7 nitrogen and oxygen atoms in total. The third-order valence-electron chi connectivity index (χ3n) is 6.02. The molecule has 0 unspecified atom stereocenters. The van der Waals surface area contributed by atoms with E-state index in [9.17, 15) is 14.4 Å². The van der Waals surface area contributed by atoms with Gasteiger partial charge in [-0.25, -0.2) is 9.69 Å². The second-order valence-electron chi connectivity index (χ2n) is 8.39. The van der Waals surface area contributed by atoms with Gasteiger partial charge in [-0.3, -0.25) is 9.59 Å². The number of benzene rings is 2. The number of amides is 4. The Morgan fingerprint density at radius 1 is 1.03 bits per heavy atom. The van der Waals surface area contributed by atoms with Crippen molar-refractivity contribution in [3.8, 4) is 5.69 Å². The number of hydrogen-bond donors (Lipinski definition) is 2. The van der Waals surface area contributed by atoms with Gasteiger partial charge in [-0.15, -0.1) is 0 Å². The van der Waals surface area contributed by atoms with E-state index in [2.05, 4.69) is 47.2 Å². The van der Waals surface area contributed by atoms with Gasteiger partial charge in [0.25, 0.3) is 5.91 Å². The Hall–Kier alpha value is -4.13. The van der Waals surface area contributed by atoms with E-state index in [4.69, 9.17) is 0 Å². The van der Waals surface area contributed by atoms with Crippen molar-refractivity contribution in [2.75, 3.05) is 11.9 Å². The molecular formula is C27H28N4O3. The van der Waals surface area contributed by atoms with E-state index in [0.29, 0.717) is 5.69 Å². The molecule has 174 valence electrons. The van der Waals surface area contributed by atoms with Gasteiger partial charge in [0.2, 0.25) is 5.91 Å². The molecule has 1 aliphatic heterocycles. The zero-order chi connectivity index (χ0) is 24.4. The van der Waals surface area contributed by atoms with E-state index >= 15 is 0 Å². The van der Waals surface area contributed by atoms with Crippen molar-refractivity contribution in [2.24, 2.45) is 0 Å². The van der Waals surface area contributed by atoms with Crippen LogP contribution in [-0.2, 0) is 16.0 Å². The van der Waals surface area contributed by atoms with Crippen LogP contribution in [0.4, 0.5) is 10.5 Å². The van der Waals surface area contributed by atoms with Crippen LogP contribution < -0.4 is 10.6 Å². The van der Waals surface area contributed by atoms with Gasteiger partial charge < -0.3 is 15.2 Å². The van der Waals surface area contributed by atoms with E-state index in [1.54, 1.807) is 30.3 Å². The molecule has 4 rings (SSSR count). The number of nitrogens with one attached hydrogen (secondary N) is 2. The maximum atomic E-state index is 12.9. The van der Waals surface area contributed by atoms with Gasteiger partial charge in [0.1, 0.15) is 12.2 Å². The third kappa shape index (κ3) is 4.37. The third-order valence-corrected chi connectivity index (χ3v) is 6.02. The molecule has 0 spiro atoms. The standard InChI is InChI=1S/C27H28N4O3/c1-5-20-11-9-10-17(2)25(20)31-18(3)14-21(19(31)4)15-23-26(33)30(27(34)29-23)16-24(32)28-22-12-7-6-8-13-22/h6-15H,5,16H2,1-4H3,(H,28,32)(H,29,34)/b23-15-. The number of aryl methyl sites for hydroxylation is 3. The maximum absolute atomic E-state index is 12.9. The summed E-state index contributed by atoms with van der Waals surface area (Å²) in [7, 11) is 0. The Balaban J connectivity index is 1.59. The first-order valence-corrected chi connectivity index (χ1v) is 11.3. The van der Waals surface area contributed by atoms with Gasteiger partial charge in [0.05, 0.1) is 5.69 Å². The average molecular weight is 457 g/mol. The van der Waals surface area contributed by atoms with Gasteiger partial charge in [-0.2, -0.15) is 0 Å². The zero-order valence-electron chi connectivity index (χ0n) is 19.8. The number of rotatable bonds is 6. The smallest absolute Gasteiger partial charge is 0.325 e. The molecule has 2 heterocycles. The molecule has 0 radical (unpaired) electrons. The number of nitrogens with zero attached hydrogens (tertiary/aromatic N) is 2. The van der Waals surface area contributed by atoms with Crippen LogP contribution in [0.1, 0.15) is 35.0 Å². The number of anilines is 1. The Morgan fingerprint density at radius 2 is 1.76 bits per heavy atom. The predicted molar refractivity (Wildman–Crippen MR) is 133 cm³/mol. The summed E-state index contributed by atoms with van der Waals surface area (Å²) in [5.74, 6) is -0.969. The van der Waals surface area contributed by atoms with Crippen LogP contribution in [-0.4, -0.2) is 33.9 Å². The molecule has 4 amide bonds. The van der Waals surface area contributed by atoms with Gasteiger partial charge in [-0.1, -0.05) is 43.3 Å². The number of hydrogen-bond acceptors (Lipinski definition) is 3. The second-order valence-corrected chi connectivity index (χ2v) is 8.39. The van der Waals surface area contributed by atoms with Crippen molar-refractivity contribution in [3.63, 3.8) is 0 Å². The van der Waals surface area contributed by atoms with Crippen LogP contribution in [0.3, 0.4) is 0 Å².